The van der Waals surface area contributed by atoms with E-state index in [2.05, 4.69) is 5.32 Å². The fraction of sp³-hybridized carbons (Fsp3) is 0.500. The highest BCUT2D eigenvalue weighted by atomic mass is 16.3. The van der Waals surface area contributed by atoms with E-state index in [1.54, 1.807) is 29.2 Å². The van der Waals surface area contributed by atoms with E-state index < -0.39 is 6.10 Å². The third-order valence-electron chi connectivity index (χ3n) is 3.90. The van der Waals surface area contributed by atoms with Crippen LogP contribution in [0.15, 0.2) is 30.3 Å². The summed E-state index contributed by atoms with van der Waals surface area (Å²) in [6.07, 6.45) is 0.335. The molecule has 1 aromatic rings. The number of hydrogen-bond acceptors (Lipinski definition) is 4. The molecular formula is C16H23N3O3. The van der Waals surface area contributed by atoms with Gasteiger partial charge in [-0.3, -0.25) is 9.59 Å². The summed E-state index contributed by atoms with van der Waals surface area (Å²) in [6.45, 7) is 1.76. The Kier molecular flexibility index (Phi) is 5.91. The Morgan fingerprint density at radius 1 is 1.36 bits per heavy atom. The quantitative estimate of drug-likeness (QED) is 0.715. The summed E-state index contributed by atoms with van der Waals surface area (Å²) in [7, 11) is 0. The van der Waals surface area contributed by atoms with Gasteiger partial charge in [-0.15, -0.1) is 0 Å². The van der Waals surface area contributed by atoms with Gasteiger partial charge in [-0.2, -0.15) is 0 Å². The van der Waals surface area contributed by atoms with Gasteiger partial charge in [0.1, 0.15) is 0 Å². The van der Waals surface area contributed by atoms with Gasteiger partial charge >= 0.3 is 0 Å². The maximum absolute atomic E-state index is 12.4. The lowest BCUT2D eigenvalue weighted by atomic mass is 9.96. The predicted molar refractivity (Wildman–Crippen MR) is 82.8 cm³/mol. The van der Waals surface area contributed by atoms with Gasteiger partial charge in [-0.1, -0.05) is 30.3 Å². The van der Waals surface area contributed by atoms with Crippen LogP contribution in [0.2, 0.25) is 0 Å². The number of nitrogens with zero attached hydrogens (tertiary/aromatic N) is 1. The molecular weight excluding hydrogens is 282 g/mol. The van der Waals surface area contributed by atoms with Crippen LogP contribution in [0.25, 0.3) is 0 Å². The number of hydrogen-bond donors (Lipinski definition) is 3. The minimum absolute atomic E-state index is 0.0721. The minimum Gasteiger partial charge on any atom is -0.378 e. The van der Waals surface area contributed by atoms with E-state index in [9.17, 15) is 14.7 Å². The number of nitrogens with two attached hydrogens (primary N) is 1. The molecule has 0 saturated carbocycles. The van der Waals surface area contributed by atoms with Crippen LogP contribution in [0, 0.1) is 5.92 Å². The molecule has 0 aromatic heterocycles. The van der Waals surface area contributed by atoms with Crippen molar-refractivity contribution >= 4 is 11.8 Å². The molecule has 2 rings (SSSR count). The second-order valence-corrected chi connectivity index (χ2v) is 5.52. The molecule has 6 nitrogen and oxygen atoms in total. The molecule has 22 heavy (non-hydrogen) atoms. The van der Waals surface area contributed by atoms with Crippen LogP contribution >= 0.6 is 0 Å². The zero-order valence-corrected chi connectivity index (χ0v) is 12.6. The highest BCUT2D eigenvalue weighted by Crippen LogP contribution is 2.21. The molecule has 1 heterocycles. The van der Waals surface area contributed by atoms with Gasteiger partial charge in [0.25, 0.3) is 5.91 Å². The molecule has 1 aromatic carbocycles. The number of carbonyl (C=O) groups excluding carboxylic acids is 2. The first-order valence-electron chi connectivity index (χ1n) is 7.63. The van der Waals surface area contributed by atoms with E-state index in [1.807, 2.05) is 6.07 Å². The zero-order valence-electron chi connectivity index (χ0n) is 12.6. The van der Waals surface area contributed by atoms with Crippen molar-refractivity contribution in [2.45, 2.75) is 18.9 Å². The van der Waals surface area contributed by atoms with E-state index in [0.29, 0.717) is 31.7 Å². The maximum atomic E-state index is 12.4. The lowest BCUT2D eigenvalue weighted by Gasteiger charge is -2.33. The Bertz CT molecular complexity index is 507. The average Bonchev–Trinajstić information content (AvgIpc) is 2.59. The Morgan fingerprint density at radius 2 is 2.09 bits per heavy atom. The second-order valence-electron chi connectivity index (χ2n) is 5.52. The molecule has 2 unspecified atom stereocenters. The normalized spacial score (nSPS) is 19.5. The molecule has 0 bridgehead atoms. The van der Waals surface area contributed by atoms with Crippen LogP contribution in [0.1, 0.15) is 24.5 Å². The first kappa shape index (κ1) is 16.5. The van der Waals surface area contributed by atoms with E-state index in [0.717, 1.165) is 12.8 Å². The van der Waals surface area contributed by atoms with Gasteiger partial charge < -0.3 is 21.1 Å². The van der Waals surface area contributed by atoms with Crippen molar-refractivity contribution in [1.82, 2.24) is 10.2 Å². The summed E-state index contributed by atoms with van der Waals surface area (Å²) >= 11 is 0. The highest BCUT2D eigenvalue weighted by molar-refractivity contribution is 5.84. The van der Waals surface area contributed by atoms with Gasteiger partial charge in [0.15, 0.2) is 6.10 Å². The number of amides is 2. The number of aliphatic hydroxyl groups is 1. The van der Waals surface area contributed by atoms with Crippen molar-refractivity contribution < 1.29 is 14.7 Å². The minimum atomic E-state index is -1.17. The topological polar surface area (TPSA) is 95.7 Å². The van der Waals surface area contributed by atoms with E-state index >= 15 is 0 Å². The molecule has 2 amide bonds. The summed E-state index contributed by atoms with van der Waals surface area (Å²) in [5.41, 5.74) is 5.95. The van der Waals surface area contributed by atoms with Crippen LogP contribution in [0.3, 0.4) is 0 Å². The SMILES string of the molecule is NCCNC(=O)C1CCCN(C(=O)C(O)c2ccccc2)C1. The molecule has 1 aliphatic heterocycles. The third-order valence-corrected chi connectivity index (χ3v) is 3.90. The fourth-order valence-electron chi connectivity index (χ4n) is 2.68. The summed E-state index contributed by atoms with van der Waals surface area (Å²) < 4.78 is 0. The van der Waals surface area contributed by atoms with Crippen LogP contribution in [-0.4, -0.2) is 48.0 Å². The van der Waals surface area contributed by atoms with Crippen molar-refractivity contribution in [1.29, 1.82) is 0 Å². The van der Waals surface area contributed by atoms with Gasteiger partial charge in [-0.05, 0) is 18.4 Å². The number of nitrogens with one attached hydrogen (secondary N) is 1. The average molecular weight is 305 g/mol. The predicted octanol–water partition coefficient (Wildman–Crippen LogP) is 0.0335. The molecule has 2 atom stereocenters. The van der Waals surface area contributed by atoms with Crippen LogP contribution in [-0.2, 0) is 9.59 Å². The van der Waals surface area contributed by atoms with Crippen LogP contribution in [0.5, 0.6) is 0 Å². The van der Waals surface area contributed by atoms with Crippen molar-refractivity contribution in [3.8, 4) is 0 Å². The van der Waals surface area contributed by atoms with Gasteiger partial charge in [0.05, 0.1) is 5.92 Å². The smallest absolute Gasteiger partial charge is 0.256 e. The zero-order chi connectivity index (χ0) is 15.9. The van der Waals surface area contributed by atoms with Crippen molar-refractivity contribution in [2.75, 3.05) is 26.2 Å². The summed E-state index contributed by atoms with van der Waals surface area (Å²) in [5.74, 6) is -0.646. The van der Waals surface area contributed by atoms with Gasteiger partial charge in [0.2, 0.25) is 5.91 Å². The van der Waals surface area contributed by atoms with Crippen LogP contribution in [0.4, 0.5) is 0 Å². The molecule has 0 spiro atoms. The largest absolute Gasteiger partial charge is 0.378 e. The summed E-state index contributed by atoms with van der Waals surface area (Å²) in [4.78, 5) is 26.0. The van der Waals surface area contributed by atoms with Crippen molar-refractivity contribution in [2.24, 2.45) is 11.7 Å². The van der Waals surface area contributed by atoms with E-state index in [1.165, 1.54) is 0 Å². The molecule has 120 valence electrons. The molecule has 0 aliphatic carbocycles. The van der Waals surface area contributed by atoms with Gasteiger partial charge in [-0.25, -0.2) is 0 Å². The third kappa shape index (κ3) is 4.05. The molecule has 1 saturated heterocycles. The standard InChI is InChI=1S/C16H23N3O3/c17-8-9-18-15(21)13-7-4-10-19(11-13)16(22)14(20)12-5-2-1-3-6-12/h1-3,5-6,13-14,20H,4,7-11,17H2,(H,18,21). The first-order chi connectivity index (χ1) is 10.6. The second kappa shape index (κ2) is 7.91. The highest BCUT2D eigenvalue weighted by Gasteiger charge is 2.31. The number of carbonyl (C=O) groups is 2. The monoisotopic (exact) mass is 305 g/mol. The van der Waals surface area contributed by atoms with E-state index in [4.69, 9.17) is 5.73 Å². The number of piperidine rings is 1. The lowest BCUT2D eigenvalue weighted by molar-refractivity contribution is -0.143. The fourth-order valence-corrected chi connectivity index (χ4v) is 2.68. The molecule has 0 radical (unpaired) electrons. The van der Waals surface area contributed by atoms with Gasteiger partial charge in [0, 0.05) is 26.2 Å². The molecule has 1 aliphatic rings. The Balaban J connectivity index is 1.96. The maximum Gasteiger partial charge on any atom is 0.256 e. The molecule has 4 N–H and O–H groups in total. The number of likely N-dealkylation sites (tertiary alicyclic amines) is 1. The Hall–Kier alpha value is -1.92. The summed E-state index contributed by atoms with van der Waals surface area (Å²) in [5, 5.41) is 13.0. The van der Waals surface area contributed by atoms with Crippen molar-refractivity contribution in [3.05, 3.63) is 35.9 Å². The van der Waals surface area contributed by atoms with Crippen LogP contribution < -0.4 is 11.1 Å². The molecule has 6 heteroatoms. The number of rotatable bonds is 5. The number of aliphatic hydroxyl groups excluding tert-OH is 1. The Labute approximate surface area is 130 Å². The van der Waals surface area contributed by atoms with Crippen molar-refractivity contribution in [3.63, 3.8) is 0 Å². The number of benzene rings is 1. The molecule has 1 fully saturated rings. The summed E-state index contributed by atoms with van der Waals surface area (Å²) in [6, 6.07) is 8.84. The Morgan fingerprint density at radius 3 is 2.77 bits per heavy atom. The van der Waals surface area contributed by atoms with E-state index in [-0.39, 0.29) is 17.7 Å². The first-order valence-corrected chi connectivity index (χ1v) is 7.63. The lowest BCUT2D eigenvalue weighted by Crippen LogP contribution is -2.47.